The van der Waals surface area contributed by atoms with E-state index in [1.165, 1.54) is 23.5 Å². The van der Waals surface area contributed by atoms with Gasteiger partial charge < -0.3 is 9.47 Å². The van der Waals surface area contributed by atoms with Crippen molar-refractivity contribution in [1.29, 1.82) is 0 Å². The summed E-state index contributed by atoms with van der Waals surface area (Å²) < 4.78 is 25.2. The smallest absolute Gasteiger partial charge is 0.229 e. The molecule has 1 amide bonds. The molecule has 0 aliphatic carbocycles. The standard InChI is InChI=1S/C24H28FN3O3S2/c1-2-31-19-5-8-21-22(17-19)33-24(26-21)28(11-10-27-12-14-30-15-13-27)23(29)9-16-32-20-6-3-18(25)4-7-20/h3-8,17H,2,9-16H2,1H3. The van der Waals surface area contributed by atoms with Crippen LogP contribution in [0.4, 0.5) is 9.52 Å². The number of rotatable bonds is 10. The van der Waals surface area contributed by atoms with E-state index in [1.54, 1.807) is 23.9 Å². The Morgan fingerprint density at radius 3 is 2.79 bits per heavy atom. The number of nitrogens with zero attached hydrogens (tertiary/aromatic N) is 3. The number of anilines is 1. The summed E-state index contributed by atoms with van der Waals surface area (Å²) in [7, 11) is 0. The molecule has 2 heterocycles. The van der Waals surface area contributed by atoms with E-state index in [2.05, 4.69) is 4.90 Å². The molecule has 4 rings (SSSR count). The van der Waals surface area contributed by atoms with Crippen molar-refractivity contribution in [3.63, 3.8) is 0 Å². The van der Waals surface area contributed by atoms with Crippen LogP contribution in [0, 0.1) is 5.82 Å². The SMILES string of the molecule is CCOc1ccc2nc(N(CCN3CCOCC3)C(=O)CCSc3ccc(F)cc3)sc2c1. The van der Waals surface area contributed by atoms with Crippen LogP contribution in [-0.2, 0) is 9.53 Å². The molecular formula is C24H28FN3O3S2. The summed E-state index contributed by atoms with van der Waals surface area (Å²) in [5, 5.41) is 0.712. The molecule has 0 N–H and O–H groups in total. The molecule has 0 unspecified atom stereocenters. The Morgan fingerprint density at radius 2 is 2.03 bits per heavy atom. The van der Waals surface area contributed by atoms with Crippen molar-refractivity contribution >= 4 is 44.4 Å². The van der Waals surface area contributed by atoms with Crippen LogP contribution in [0.25, 0.3) is 10.2 Å². The van der Waals surface area contributed by atoms with Gasteiger partial charge >= 0.3 is 0 Å². The van der Waals surface area contributed by atoms with Gasteiger partial charge in [-0.25, -0.2) is 9.37 Å². The summed E-state index contributed by atoms with van der Waals surface area (Å²) in [6.45, 7) is 7.12. The Labute approximate surface area is 201 Å². The summed E-state index contributed by atoms with van der Waals surface area (Å²) in [6, 6.07) is 12.2. The summed E-state index contributed by atoms with van der Waals surface area (Å²) >= 11 is 3.07. The third kappa shape index (κ3) is 6.66. The van der Waals surface area contributed by atoms with Gasteiger partial charge in [0.25, 0.3) is 0 Å². The number of fused-ring (bicyclic) bond motifs is 1. The number of carbonyl (C=O) groups is 1. The largest absolute Gasteiger partial charge is 0.494 e. The molecule has 0 saturated carbocycles. The number of thiazole rings is 1. The number of halogens is 1. The zero-order valence-electron chi connectivity index (χ0n) is 18.7. The van der Waals surface area contributed by atoms with Gasteiger partial charge in [0.15, 0.2) is 5.13 Å². The highest BCUT2D eigenvalue weighted by Crippen LogP contribution is 2.32. The quantitative estimate of drug-likeness (QED) is 0.386. The number of hydrogen-bond acceptors (Lipinski definition) is 7. The van der Waals surface area contributed by atoms with Crippen LogP contribution in [0.1, 0.15) is 13.3 Å². The lowest BCUT2D eigenvalue weighted by molar-refractivity contribution is -0.118. The van der Waals surface area contributed by atoms with Gasteiger partial charge in [0, 0.05) is 43.2 Å². The van der Waals surface area contributed by atoms with Crippen LogP contribution < -0.4 is 9.64 Å². The molecule has 1 aliphatic rings. The topological polar surface area (TPSA) is 54.9 Å². The minimum Gasteiger partial charge on any atom is -0.494 e. The van der Waals surface area contributed by atoms with Crippen molar-refractivity contribution in [2.45, 2.75) is 18.2 Å². The summed E-state index contributed by atoms with van der Waals surface area (Å²) in [6.07, 6.45) is 0.380. The molecule has 0 radical (unpaired) electrons. The lowest BCUT2D eigenvalue weighted by Gasteiger charge is -2.29. The van der Waals surface area contributed by atoms with Crippen LogP contribution in [-0.4, -0.2) is 67.5 Å². The maximum atomic E-state index is 13.3. The van der Waals surface area contributed by atoms with E-state index in [0.717, 1.165) is 53.7 Å². The monoisotopic (exact) mass is 489 g/mol. The maximum absolute atomic E-state index is 13.3. The number of ether oxygens (including phenoxy) is 2. The number of thioether (sulfide) groups is 1. The fraction of sp³-hybridized carbons (Fsp3) is 0.417. The first kappa shape index (κ1) is 23.9. The predicted molar refractivity (Wildman–Crippen MR) is 132 cm³/mol. The highest BCUT2D eigenvalue weighted by Gasteiger charge is 2.21. The Hall–Kier alpha value is -2.20. The number of benzene rings is 2. The van der Waals surface area contributed by atoms with Gasteiger partial charge in [-0.1, -0.05) is 11.3 Å². The van der Waals surface area contributed by atoms with Gasteiger partial charge in [0.2, 0.25) is 5.91 Å². The zero-order chi connectivity index (χ0) is 23.0. The molecule has 33 heavy (non-hydrogen) atoms. The summed E-state index contributed by atoms with van der Waals surface area (Å²) in [4.78, 5) is 23.1. The molecule has 2 aromatic carbocycles. The fourth-order valence-electron chi connectivity index (χ4n) is 3.58. The average Bonchev–Trinajstić information content (AvgIpc) is 3.24. The molecule has 3 aromatic rings. The Bertz CT molecular complexity index is 1050. The van der Waals surface area contributed by atoms with E-state index in [1.807, 2.05) is 30.0 Å². The predicted octanol–water partition coefficient (Wildman–Crippen LogP) is 4.68. The number of carbonyl (C=O) groups excluding carboxylic acids is 1. The van der Waals surface area contributed by atoms with Crippen molar-refractivity contribution in [3.8, 4) is 5.75 Å². The third-order valence-corrected chi connectivity index (χ3v) is 7.39. The van der Waals surface area contributed by atoms with Crippen LogP contribution in [0.2, 0.25) is 0 Å². The van der Waals surface area contributed by atoms with Crippen molar-refractivity contribution in [3.05, 3.63) is 48.3 Å². The highest BCUT2D eigenvalue weighted by atomic mass is 32.2. The number of morpholine rings is 1. The van der Waals surface area contributed by atoms with Gasteiger partial charge in [-0.05, 0) is 49.4 Å². The molecule has 1 aliphatic heterocycles. The van der Waals surface area contributed by atoms with E-state index in [4.69, 9.17) is 14.5 Å². The molecule has 6 nitrogen and oxygen atoms in total. The van der Waals surface area contributed by atoms with Crippen molar-refractivity contribution in [1.82, 2.24) is 9.88 Å². The fourth-order valence-corrected chi connectivity index (χ4v) is 5.46. The number of aromatic nitrogens is 1. The molecule has 1 fully saturated rings. The van der Waals surface area contributed by atoms with Crippen LogP contribution in [0.15, 0.2) is 47.4 Å². The Kier molecular flexibility index (Phi) is 8.55. The first-order chi connectivity index (χ1) is 16.1. The number of hydrogen-bond donors (Lipinski definition) is 0. The molecular weight excluding hydrogens is 461 g/mol. The second-order valence-electron chi connectivity index (χ2n) is 7.61. The van der Waals surface area contributed by atoms with Crippen LogP contribution in [0.5, 0.6) is 5.75 Å². The summed E-state index contributed by atoms with van der Waals surface area (Å²) in [5.74, 6) is 1.22. The molecule has 1 aromatic heterocycles. The van der Waals surface area contributed by atoms with Crippen LogP contribution >= 0.6 is 23.1 Å². The van der Waals surface area contributed by atoms with Crippen molar-refractivity contribution in [2.75, 3.05) is 56.7 Å². The van der Waals surface area contributed by atoms with E-state index >= 15 is 0 Å². The van der Waals surface area contributed by atoms with E-state index < -0.39 is 0 Å². The van der Waals surface area contributed by atoms with Crippen LogP contribution in [0.3, 0.4) is 0 Å². The first-order valence-electron chi connectivity index (χ1n) is 11.1. The van der Waals surface area contributed by atoms with Crippen molar-refractivity contribution < 1.29 is 18.7 Å². The minimum absolute atomic E-state index is 0.0435. The first-order valence-corrected chi connectivity index (χ1v) is 12.9. The summed E-state index contributed by atoms with van der Waals surface area (Å²) in [5.41, 5.74) is 0.864. The second-order valence-corrected chi connectivity index (χ2v) is 9.79. The van der Waals surface area contributed by atoms with E-state index in [9.17, 15) is 9.18 Å². The third-order valence-electron chi connectivity index (χ3n) is 5.33. The molecule has 0 spiro atoms. The van der Waals surface area contributed by atoms with Gasteiger partial charge in [-0.15, -0.1) is 11.8 Å². The zero-order valence-corrected chi connectivity index (χ0v) is 20.3. The molecule has 1 saturated heterocycles. The lowest BCUT2D eigenvalue weighted by atomic mass is 10.3. The number of amides is 1. The second kappa shape index (κ2) is 11.8. The molecule has 0 bridgehead atoms. The van der Waals surface area contributed by atoms with E-state index in [-0.39, 0.29) is 11.7 Å². The lowest BCUT2D eigenvalue weighted by Crippen LogP contribution is -2.43. The van der Waals surface area contributed by atoms with Gasteiger partial charge in [-0.2, -0.15) is 0 Å². The Morgan fingerprint density at radius 1 is 1.24 bits per heavy atom. The molecule has 9 heteroatoms. The van der Waals surface area contributed by atoms with E-state index in [0.29, 0.717) is 30.5 Å². The minimum atomic E-state index is -0.256. The van der Waals surface area contributed by atoms with Gasteiger partial charge in [-0.3, -0.25) is 14.6 Å². The highest BCUT2D eigenvalue weighted by molar-refractivity contribution is 7.99. The average molecular weight is 490 g/mol. The maximum Gasteiger partial charge on any atom is 0.229 e. The normalized spacial score (nSPS) is 14.5. The van der Waals surface area contributed by atoms with Gasteiger partial charge in [0.1, 0.15) is 11.6 Å². The van der Waals surface area contributed by atoms with Crippen molar-refractivity contribution in [2.24, 2.45) is 0 Å². The molecule has 176 valence electrons. The van der Waals surface area contributed by atoms with Gasteiger partial charge in [0.05, 0.1) is 30.0 Å². The molecule has 0 atom stereocenters. The Balaban J connectivity index is 1.46.